The second-order valence-corrected chi connectivity index (χ2v) is 4.16. The molecule has 0 bridgehead atoms. The minimum absolute atomic E-state index is 0.375. The molecular weight excluding hydrogens is 257 g/mol. The lowest BCUT2D eigenvalue weighted by Crippen LogP contribution is -1.91. The summed E-state index contributed by atoms with van der Waals surface area (Å²) in [5.41, 5.74) is 2.92. The molecule has 1 aromatic heterocycles. The molecule has 0 aliphatic carbocycles. The molecule has 88 valence electrons. The lowest BCUT2D eigenvalue weighted by atomic mass is 10.0. The van der Waals surface area contributed by atoms with Crippen molar-refractivity contribution >= 4 is 23.2 Å². The summed E-state index contributed by atoms with van der Waals surface area (Å²) in [7, 11) is 1.59. The van der Waals surface area contributed by atoms with Crippen LogP contribution in [0.5, 0.6) is 5.88 Å². The summed E-state index contributed by atoms with van der Waals surface area (Å²) in [6.07, 6.45) is 1.70. The topological polar surface area (TPSA) is 22.1 Å². The number of hydrogen-bond donors (Lipinski definition) is 0. The van der Waals surface area contributed by atoms with Crippen molar-refractivity contribution < 1.29 is 4.74 Å². The molecule has 0 radical (unpaired) electrons. The van der Waals surface area contributed by atoms with Crippen LogP contribution in [0.4, 0.5) is 0 Å². The van der Waals surface area contributed by atoms with Crippen LogP contribution in [0.25, 0.3) is 11.1 Å². The molecule has 0 spiro atoms. The van der Waals surface area contributed by atoms with Crippen LogP contribution in [-0.4, -0.2) is 12.1 Å². The van der Waals surface area contributed by atoms with Gasteiger partial charge in [-0.05, 0) is 28.8 Å². The summed E-state index contributed by atoms with van der Waals surface area (Å²) in [6.45, 7) is 0. The molecule has 0 aliphatic heterocycles. The van der Waals surface area contributed by atoms with Gasteiger partial charge in [0.05, 0.1) is 7.11 Å². The van der Waals surface area contributed by atoms with Gasteiger partial charge >= 0.3 is 0 Å². The molecule has 0 aliphatic rings. The number of halogens is 2. The molecule has 4 heteroatoms. The van der Waals surface area contributed by atoms with Crippen LogP contribution in [0.15, 0.2) is 36.5 Å². The van der Waals surface area contributed by atoms with E-state index in [1.807, 2.05) is 30.3 Å². The van der Waals surface area contributed by atoms with E-state index in [9.17, 15) is 0 Å². The van der Waals surface area contributed by atoms with Gasteiger partial charge in [0, 0.05) is 23.2 Å². The summed E-state index contributed by atoms with van der Waals surface area (Å²) in [5, 5.41) is 0.674. The van der Waals surface area contributed by atoms with Crippen molar-refractivity contribution in [3.05, 3.63) is 47.1 Å². The maximum absolute atomic E-state index is 6.12. The minimum atomic E-state index is 0.375. The van der Waals surface area contributed by atoms with Crippen LogP contribution in [0, 0.1) is 0 Å². The third-order valence-corrected chi connectivity index (χ3v) is 3.13. The second-order valence-electron chi connectivity index (χ2n) is 3.49. The van der Waals surface area contributed by atoms with Crippen molar-refractivity contribution in [3.63, 3.8) is 0 Å². The highest BCUT2D eigenvalue weighted by Gasteiger charge is 2.08. The van der Waals surface area contributed by atoms with Gasteiger partial charge < -0.3 is 4.74 Å². The van der Waals surface area contributed by atoms with Crippen molar-refractivity contribution in [1.29, 1.82) is 0 Å². The fraction of sp³-hybridized carbons (Fsp3) is 0.154. The Kier molecular flexibility index (Phi) is 3.87. The first kappa shape index (κ1) is 12.2. The molecule has 2 aromatic rings. The molecule has 0 saturated carbocycles. The Bertz CT molecular complexity index is 529. The van der Waals surface area contributed by atoms with Gasteiger partial charge in [0.2, 0.25) is 5.88 Å². The highest BCUT2D eigenvalue weighted by Crippen LogP contribution is 2.31. The smallest absolute Gasteiger partial charge is 0.213 e. The lowest BCUT2D eigenvalue weighted by Gasteiger charge is -2.09. The zero-order chi connectivity index (χ0) is 12.3. The largest absolute Gasteiger partial charge is 0.481 e. The first-order chi connectivity index (χ1) is 8.26. The minimum Gasteiger partial charge on any atom is -0.481 e. The number of nitrogens with zero attached hydrogens (tertiary/aromatic N) is 1. The van der Waals surface area contributed by atoms with Crippen LogP contribution in [-0.2, 0) is 5.88 Å². The van der Waals surface area contributed by atoms with Gasteiger partial charge in [0.15, 0.2) is 0 Å². The van der Waals surface area contributed by atoms with E-state index in [1.165, 1.54) is 0 Å². The van der Waals surface area contributed by atoms with Crippen molar-refractivity contribution in [2.75, 3.05) is 7.11 Å². The first-order valence-corrected chi connectivity index (χ1v) is 6.01. The van der Waals surface area contributed by atoms with E-state index in [0.717, 1.165) is 16.7 Å². The highest BCUT2D eigenvalue weighted by molar-refractivity contribution is 6.32. The Balaban J connectivity index is 2.55. The average molecular weight is 268 g/mol. The van der Waals surface area contributed by atoms with Gasteiger partial charge in [-0.2, -0.15) is 0 Å². The van der Waals surface area contributed by atoms with Gasteiger partial charge in [-0.1, -0.05) is 23.7 Å². The van der Waals surface area contributed by atoms with Crippen molar-refractivity contribution in [2.24, 2.45) is 0 Å². The third kappa shape index (κ3) is 2.54. The number of rotatable bonds is 3. The molecular formula is C13H11Cl2NO. The van der Waals surface area contributed by atoms with E-state index < -0.39 is 0 Å². The van der Waals surface area contributed by atoms with Crippen LogP contribution in [0.2, 0.25) is 5.02 Å². The van der Waals surface area contributed by atoms with E-state index in [0.29, 0.717) is 16.8 Å². The monoisotopic (exact) mass is 267 g/mol. The summed E-state index contributed by atoms with van der Waals surface area (Å²) >= 11 is 12.1. The van der Waals surface area contributed by atoms with E-state index in [1.54, 1.807) is 13.3 Å². The number of aromatic nitrogens is 1. The molecule has 0 unspecified atom stereocenters. The molecule has 17 heavy (non-hydrogen) atoms. The number of methoxy groups -OCH3 is 1. The van der Waals surface area contributed by atoms with E-state index >= 15 is 0 Å². The molecule has 0 amide bonds. The molecule has 0 N–H and O–H groups in total. The first-order valence-electron chi connectivity index (χ1n) is 5.10. The molecule has 0 saturated heterocycles. The third-order valence-electron chi connectivity index (χ3n) is 2.51. The lowest BCUT2D eigenvalue weighted by molar-refractivity contribution is 0.398. The molecule has 0 fully saturated rings. The zero-order valence-electron chi connectivity index (χ0n) is 9.28. The van der Waals surface area contributed by atoms with Gasteiger partial charge in [-0.25, -0.2) is 4.98 Å². The molecule has 2 rings (SSSR count). The van der Waals surface area contributed by atoms with Crippen molar-refractivity contribution in [3.8, 4) is 17.0 Å². The normalized spacial score (nSPS) is 10.3. The van der Waals surface area contributed by atoms with Crippen LogP contribution < -0.4 is 4.74 Å². The van der Waals surface area contributed by atoms with Gasteiger partial charge in [-0.15, -0.1) is 11.6 Å². The Hall–Kier alpha value is -1.25. The second kappa shape index (κ2) is 5.39. The SMILES string of the molecule is COc1cc(-c2cccc(Cl)c2CCl)ccn1. The fourth-order valence-electron chi connectivity index (χ4n) is 1.65. The zero-order valence-corrected chi connectivity index (χ0v) is 10.8. The summed E-state index contributed by atoms with van der Waals surface area (Å²) in [6, 6.07) is 9.49. The molecule has 1 aromatic carbocycles. The number of benzene rings is 1. The van der Waals surface area contributed by atoms with E-state index in [-0.39, 0.29) is 0 Å². The highest BCUT2D eigenvalue weighted by atomic mass is 35.5. The van der Waals surface area contributed by atoms with Gasteiger partial charge in [0.1, 0.15) is 0 Å². The quantitative estimate of drug-likeness (QED) is 0.780. The Morgan fingerprint density at radius 1 is 1.29 bits per heavy atom. The van der Waals surface area contributed by atoms with E-state index in [2.05, 4.69) is 4.98 Å². The van der Waals surface area contributed by atoms with Crippen LogP contribution in [0.1, 0.15) is 5.56 Å². The Morgan fingerprint density at radius 3 is 2.82 bits per heavy atom. The molecule has 2 nitrogen and oxygen atoms in total. The predicted molar refractivity (Wildman–Crippen MR) is 70.8 cm³/mol. The van der Waals surface area contributed by atoms with Gasteiger partial charge in [-0.3, -0.25) is 0 Å². The Morgan fingerprint density at radius 2 is 2.12 bits per heavy atom. The maximum atomic E-state index is 6.12. The number of pyridine rings is 1. The standard InChI is InChI=1S/C13H11Cl2NO/c1-17-13-7-9(5-6-16-13)10-3-2-4-12(15)11(10)8-14/h2-7H,8H2,1H3. The van der Waals surface area contributed by atoms with E-state index in [4.69, 9.17) is 27.9 Å². The average Bonchev–Trinajstić information content (AvgIpc) is 2.38. The fourth-order valence-corrected chi connectivity index (χ4v) is 2.25. The van der Waals surface area contributed by atoms with Crippen molar-refractivity contribution in [2.45, 2.75) is 5.88 Å². The number of alkyl halides is 1. The number of hydrogen-bond acceptors (Lipinski definition) is 2. The molecule has 1 heterocycles. The molecule has 0 atom stereocenters. The summed E-state index contributed by atoms with van der Waals surface area (Å²) in [5.74, 6) is 0.947. The van der Waals surface area contributed by atoms with Crippen LogP contribution >= 0.6 is 23.2 Å². The maximum Gasteiger partial charge on any atom is 0.213 e. The summed E-state index contributed by atoms with van der Waals surface area (Å²) < 4.78 is 5.10. The Labute approximate surface area is 110 Å². The number of ether oxygens (including phenoxy) is 1. The van der Waals surface area contributed by atoms with Crippen LogP contribution in [0.3, 0.4) is 0 Å². The summed E-state index contributed by atoms with van der Waals surface area (Å²) in [4.78, 5) is 4.07. The van der Waals surface area contributed by atoms with Gasteiger partial charge in [0.25, 0.3) is 0 Å². The van der Waals surface area contributed by atoms with Crippen molar-refractivity contribution in [1.82, 2.24) is 4.98 Å². The predicted octanol–water partition coefficient (Wildman–Crippen LogP) is 4.15.